The third kappa shape index (κ3) is 5.29. The minimum Gasteiger partial charge on any atom is -0.474 e. The molecule has 144 valence electrons. The van der Waals surface area contributed by atoms with Crippen LogP contribution in [0.1, 0.15) is 33.6 Å². The van der Waals surface area contributed by atoms with Gasteiger partial charge in [-0.3, -0.25) is 4.79 Å². The van der Waals surface area contributed by atoms with E-state index in [0.29, 0.717) is 24.7 Å². The molecule has 1 fully saturated rings. The molecule has 2 aromatic heterocycles. The fourth-order valence-electron chi connectivity index (χ4n) is 2.76. The number of nitrogens with zero attached hydrogens (tertiary/aromatic N) is 3. The number of H-pyrrole nitrogens is 1. The first-order valence-corrected chi connectivity index (χ1v) is 8.97. The normalized spacial score (nSPS) is 15.4. The number of nitrogens with one attached hydrogen (secondary N) is 1. The number of carbonyl (C=O) groups excluding carboxylic acids is 1. The van der Waals surface area contributed by atoms with Crippen molar-refractivity contribution in [2.24, 2.45) is 0 Å². The molecule has 1 aliphatic rings. The van der Waals surface area contributed by atoms with Crippen LogP contribution in [0.4, 0.5) is 4.79 Å². The van der Waals surface area contributed by atoms with Crippen LogP contribution in [0.5, 0.6) is 5.88 Å². The highest BCUT2D eigenvalue weighted by Crippen LogP contribution is 2.21. The molecule has 1 aliphatic heterocycles. The zero-order valence-corrected chi connectivity index (χ0v) is 15.8. The summed E-state index contributed by atoms with van der Waals surface area (Å²) in [6.45, 7) is 6.77. The highest BCUT2D eigenvalue weighted by atomic mass is 16.6. The molecule has 27 heavy (non-hydrogen) atoms. The van der Waals surface area contributed by atoms with Gasteiger partial charge in [0.1, 0.15) is 11.7 Å². The van der Waals surface area contributed by atoms with Crippen LogP contribution in [0.25, 0.3) is 11.3 Å². The molecule has 0 bridgehead atoms. The summed E-state index contributed by atoms with van der Waals surface area (Å²) in [5.74, 6) is 0.527. The Kier molecular flexibility index (Phi) is 5.43. The largest absolute Gasteiger partial charge is 0.474 e. The lowest BCUT2D eigenvalue weighted by atomic mass is 10.1. The van der Waals surface area contributed by atoms with Crippen molar-refractivity contribution in [3.8, 4) is 17.1 Å². The summed E-state index contributed by atoms with van der Waals surface area (Å²) in [5, 5.41) is 6.38. The van der Waals surface area contributed by atoms with Crippen LogP contribution in [0.2, 0.25) is 0 Å². The molecule has 3 rings (SSSR count). The number of amides is 1. The first-order valence-electron chi connectivity index (χ1n) is 8.97. The van der Waals surface area contributed by atoms with Gasteiger partial charge in [0.05, 0.1) is 5.69 Å². The Morgan fingerprint density at radius 3 is 2.48 bits per heavy atom. The average molecular weight is 372 g/mol. The quantitative estimate of drug-likeness (QED) is 0.889. The van der Waals surface area contributed by atoms with Crippen LogP contribution < -0.4 is 10.3 Å². The van der Waals surface area contributed by atoms with Crippen LogP contribution in [0.15, 0.2) is 35.3 Å². The summed E-state index contributed by atoms with van der Waals surface area (Å²) in [6, 6.07) is 6.69. The molecule has 0 saturated carbocycles. The minimum absolute atomic E-state index is 0.00763. The van der Waals surface area contributed by atoms with Gasteiger partial charge in [0.25, 0.3) is 5.56 Å². The number of pyridine rings is 1. The first-order chi connectivity index (χ1) is 12.8. The number of aromatic nitrogens is 3. The highest BCUT2D eigenvalue weighted by molar-refractivity contribution is 5.68. The number of rotatable bonds is 3. The maximum atomic E-state index is 12.1. The topological polar surface area (TPSA) is 97.4 Å². The molecule has 8 nitrogen and oxygen atoms in total. The van der Waals surface area contributed by atoms with Crippen LogP contribution in [0, 0.1) is 0 Å². The lowest BCUT2D eigenvalue weighted by Gasteiger charge is -2.33. The maximum absolute atomic E-state index is 12.1. The van der Waals surface area contributed by atoms with Crippen LogP contribution in [0.3, 0.4) is 0 Å². The monoisotopic (exact) mass is 372 g/mol. The van der Waals surface area contributed by atoms with Gasteiger partial charge in [0.15, 0.2) is 0 Å². The van der Waals surface area contributed by atoms with Crippen molar-refractivity contribution in [1.82, 2.24) is 20.1 Å². The van der Waals surface area contributed by atoms with Gasteiger partial charge >= 0.3 is 6.09 Å². The van der Waals surface area contributed by atoms with Gasteiger partial charge in [-0.2, -0.15) is 5.10 Å². The third-order valence-electron chi connectivity index (χ3n) is 4.09. The van der Waals surface area contributed by atoms with E-state index in [1.54, 1.807) is 23.2 Å². The van der Waals surface area contributed by atoms with E-state index in [1.807, 2.05) is 26.8 Å². The van der Waals surface area contributed by atoms with Gasteiger partial charge in [-0.05, 0) is 32.9 Å². The van der Waals surface area contributed by atoms with Crippen molar-refractivity contribution >= 4 is 6.09 Å². The molecular formula is C19H24N4O4. The standard InChI is InChI=1S/C19H24N4O4/c1-19(2,3)27-18(25)23-10-8-14(9-11-23)26-17-7-4-13(12-20-17)15-5-6-16(24)22-21-15/h4-7,12,14H,8-11H2,1-3H3,(H,22,24). The third-order valence-corrected chi connectivity index (χ3v) is 4.09. The van der Waals surface area contributed by atoms with E-state index in [4.69, 9.17) is 9.47 Å². The van der Waals surface area contributed by atoms with Gasteiger partial charge in [0, 0.05) is 49.8 Å². The van der Waals surface area contributed by atoms with Crippen molar-refractivity contribution in [1.29, 1.82) is 0 Å². The summed E-state index contributed by atoms with van der Waals surface area (Å²) < 4.78 is 11.3. The van der Waals surface area contributed by atoms with Gasteiger partial charge in [-0.25, -0.2) is 14.9 Å². The van der Waals surface area contributed by atoms with Gasteiger partial charge < -0.3 is 14.4 Å². The van der Waals surface area contributed by atoms with E-state index >= 15 is 0 Å². The zero-order valence-electron chi connectivity index (χ0n) is 15.8. The number of likely N-dealkylation sites (tertiary alicyclic amines) is 1. The Bertz CT molecular complexity index is 814. The number of hydrogen-bond donors (Lipinski definition) is 1. The molecule has 3 heterocycles. The van der Waals surface area contributed by atoms with Crippen molar-refractivity contribution in [2.45, 2.75) is 45.3 Å². The maximum Gasteiger partial charge on any atom is 0.410 e. The molecule has 0 unspecified atom stereocenters. The molecule has 1 N–H and O–H groups in total. The van der Waals surface area contributed by atoms with Crippen molar-refractivity contribution in [2.75, 3.05) is 13.1 Å². The number of ether oxygens (including phenoxy) is 2. The Morgan fingerprint density at radius 1 is 1.19 bits per heavy atom. The number of carbonyl (C=O) groups is 1. The molecule has 0 aromatic carbocycles. The smallest absolute Gasteiger partial charge is 0.410 e. The fraction of sp³-hybridized carbons (Fsp3) is 0.474. The van der Waals surface area contributed by atoms with Crippen molar-refractivity contribution in [3.05, 3.63) is 40.8 Å². The average Bonchev–Trinajstić information content (AvgIpc) is 2.62. The Balaban J connectivity index is 1.52. The second-order valence-electron chi connectivity index (χ2n) is 7.48. The first kappa shape index (κ1) is 18.9. The molecule has 0 aliphatic carbocycles. The van der Waals surface area contributed by atoms with E-state index in [1.165, 1.54) is 6.07 Å². The van der Waals surface area contributed by atoms with Gasteiger partial charge in [0.2, 0.25) is 5.88 Å². The van der Waals surface area contributed by atoms with Crippen LogP contribution in [-0.2, 0) is 4.74 Å². The molecule has 2 aromatic rings. The summed E-state index contributed by atoms with van der Waals surface area (Å²) in [5.41, 5.74) is 0.693. The molecule has 0 spiro atoms. The Hall–Kier alpha value is -2.90. The molecule has 0 atom stereocenters. The summed E-state index contributed by atoms with van der Waals surface area (Å²) in [7, 11) is 0. The predicted octanol–water partition coefficient (Wildman–Crippen LogP) is 2.61. The van der Waals surface area contributed by atoms with E-state index in [-0.39, 0.29) is 17.8 Å². The summed E-state index contributed by atoms with van der Waals surface area (Å²) >= 11 is 0. The van der Waals surface area contributed by atoms with E-state index in [9.17, 15) is 9.59 Å². The highest BCUT2D eigenvalue weighted by Gasteiger charge is 2.27. The molecule has 1 saturated heterocycles. The Morgan fingerprint density at radius 2 is 1.93 bits per heavy atom. The molecule has 8 heteroatoms. The minimum atomic E-state index is -0.489. The summed E-state index contributed by atoms with van der Waals surface area (Å²) in [6.07, 6.45) is 2.84. The van der Waals surface area contributed by atoms with E-state index in [2.05, 4.69) is 15.2 Å². The predicted molar refractivity (Wildman–Crippen MR) is 99.5 cm³/mol. The van der Waals surface area contributed by atoms with Gasteiger partial charge in [-0.15, -0.1) is 0 Å². The zero-order chi connectivity index (χ0) is 19.4. The lowest BCUT2D eigenvalue weighted by Crippen LogP contribution is -2.44. The number of hydrogen-bond acceptors (Lipinski definition) is 6. The van der Waals surface area contributed by atoms with E-state index in [0.717, 1.165) is 18.4 Å². The van der Waals surface area contributed by atoms with Gasteiger partial charge in [-0.1, -0.05) is 0 Å². The SMILES string of the molecule is CC(C)(C)OC(=O)N1CCC(Oc2ccc(-c3ccc(=O)[nH]n3)cn2)CC1. The fourth-order valence-corrected chi connectivity index (χ4v) is 2.76. The second-order valence-corrected chi connectivity index (χ2v) is 7.48. The Labute approximate surface area is 157 Å². The molecule has 1 amide bonds. The van der Waals surface area contributed by atoms with Crippen LogP contribution >= 0.6 is 0 Å². The van der Waals surface area contributed by atoms with Crippen molar-refractivity contribution < 1.29 is 14.3 Å². The molecule has 0 radical (unpaired) electrons. The second kappa shape index (κ2) is 7.77. The summed E-state index contributed by atoms with van der Waals surface area (Å²) in [4.78, 5) is 29.2. The van der Waals surface area contributed by atoms with Crippen LogP contribution in [-0.4, -0.2) is 51.0 Å². The lowest BCUT2D eigenvalue weighted by molar-refractivity contribution is 0.0123. The number of piperidine rings is 1. The number of aromatic amines is 1. The van der Waals surface area contributed by atoms with Crippen molar-refractivity contribution in [3.63, 3.8) is 0 Å². The van der Waals surface area contributed by atoms with E-state index < -0.39 is 5.60 Å². The molecular weight excluding hydrogens is 348 g/mol.